The number of aromatic nitrogens is 2. The summed E-state index contributed by atoms with van der Waals surface area (Å²) in [6, 6.07) is 8.63. The van der Waals surface area contributed by atoms with Crippen LogP contribution < -0.4 is 0 Å². The third kappa shape index (κ3) is 3.14. The van der Waals surface area contributed by atoms with E-state index < -0.39 is 0 Å². The van der Waals surface area contributed by atoms with E-state index in [1.54, 1.807) is 12.1 Å². The zero-order valence-electron chi connectivity index (χ0n) is 10.7. The topological polar surface area (TPSA) is 49.6 Å². The highest BCUT2D eigenvalue weighted by molar-refractivity contribution is 5.59. The maximum Gasteiger partial charge on any atom is 0.232 e. The summed E-state index contributed by atoms with van der Waals surface area (Å²) >= 11 is 0. The second-order valence-electron chi connectivity index (χ2n) is 4.29. The van der Waals surface area contributed by atoms with Crippen LogP contribution in [0.3, 0.4) is 0 Å². The van der Waals surface area contributed by atoms with Crippen LogP contribution in [0.4, 0.5) is 4.39 Å². The van der Waals surface area contributed by atoms with Crippen molar-refractivity contribution in [1.82, 2.24) is 9.97 Å². The summed E-state index contributed by atoms with van der Waals surface area (Å²) in [6.45, 7) is 2.08. The first-order chi connectivity index (χ1) is 9.24. The number of hydrogen-bond acceptors (Lipinski definition) is 3. The highest BCUT2D eigenvalue weighted by atomic mass is 19.1. The molecular formula is C15H14FN3. The van der Waals surface area contributed by atoms with Crippen LogP contribution in [-0.4, -0.2) is 9.97 Å². The van der Waals surface area contributed by atoms with Crippen LogP contribution in [0.25, 0.3) is 11.3 Å². The molecule has 0 spiro atoms. The second-order valence-corrected chi connectivity index (χ2v) is 4.29. The summed E-state index contributed by atoms with van der Waals surface area (Å²) in [5, 5.41) is 8.76. The van der Waals surface area contributed by atoms with Crippen molar-refractivity contribution in [2.24, 2.45) is 0 Å². The molecule has 0 N–H and O–H groups in total. The average molecular weight is 255 g/mol. The number of rotatable bonds is 4. The lowest BCUT2D eigenvalue weighted by Crippen LogP contribution is -1.94. The lowest BCUT2D eigenvalue weighted by atomic mass is 10.0. The van der Waals surface area contributed by atoms with Gasteiger partial charge in [0.05, 0.1) is 5.69 Å². The van der Waals surface area contributed by atoms with Gasteiger partial charge in [0, 0.05) is 11.8 Å². The largest absolute Gasteiger partial charge is 0.232 e. The molecule has 19 heavy (non-hydrogen) atoms. The molecule has 0 fully saturated rings. The molecular weight excluding hydrogens is 241 g/mol. The molecule has 0 aliphatic carbocycles. The van der Waals surface area contributed by atoms with Crippen molar-refractivity contribution in [2.45, 2.75) is 26.2 Å². The fourth-order valence-corrected chi connectivity index (χ4v) is 1.85. The van der Waals surface area contributed by atoms with Crippen LogP contribution in [0.2, 0.25) is 0 Å². The molecule has 0 atom stereocenters. The van der Waals surface area contributed by atoms with Crippen molar-refractivity contribution >= 4 is 0 Å². The summed E-state index contributed by atoms with van der Waals surface area (Å²) in [5.41, 5.74) is 1.95. The van der Waals surface area contributed by atoms with Crippen molar-refractivity contribution in [3.8, 4) is 17.3 Å². The van der Waals surface area contributed by atoms with E-state index in [2.05, 4.69) is 16.9 Å². The minimum atomic E-state index is -0.219. The highest BCUT2D eigenvalue weighted by Crippen LogP contribution is 2.21. The van der Waals surface area contributed by atoms with Gasteiger partial charge in [-0.05, 0) is 30.5 Å². The maximum atomic E-state index is 13.9. The zero-order chi connectivity index (χ0) is 13.7. The zero-order valence-corrected chi connectivity index (χ0v) is 10.7. The summed E-state index contributed by atoms with van der Waals surface area (Å²) in [7, 11) is 0. The van der Waals surface area contributed by atoms with E-state index in [1.165, 1.54) is 12.3 Å². The van der Waals surface area contributed by atoms with Crippen LogP contribution >= 0.6 is 0 Å². The van der Waals surface area contributed by atoms with Crippen molar-refractivity contribution in [3.63, 3.8) is 0 Å². The fourth-order valence-electron chi connectivity index (χ4n) is 1.85. The summed E-state index contributed by atoms with van der Waals surface area (Å²) in [5.74, 6) is -0.129. The van der Waals surface area contributed by atoms with E-state index in [-0.39, 0.29) is 11.6 Å². The Morgan fingerprint density at radius 2 is 2.16 bits per heavy atom. The van der Waals surface area contributed by atoms with Crippen LogP contribution in [0, 0.1) is 17.1 Å². The number of benzene rings is 1. The van der Waals surface area contributed by atoms with Gasteiger partial charge in [0.15, 0.2) is 0 Å². The summed E-state index contributed by atoms with van der Waals surface area (Å²) < 4.78 is 13.9. The molecule has 96 valence electrons. The number of nitriles is 1. The highest BCUT2D eigenvalue weighted by Gasteiger charge is 2.07. The summed E-state index contributed by atoms with van der Waals surface area (Å²) in [6.07, 6.45) is 4.26. The van der Waals surface area contributed by atoms with Gasteiger partial charge in [0.2, 0.25) is 5.82 Å². The number of hydrogen-bond donors (Lipinski definition) is 0. The van der Waals surface area contributed by atoms with Gasteiger partial charge in [-0.1, -0.05) is 25.5 Å². The Kier molecular flexibility index (Phi) is 4.19. The summed E-state index contributed by atoms with van der Waals surface area (Å²) in [4.78, 5) is 7.85. The standard InChI is InChI=1S/C15H14FN3/c1-2-3-4-11-5-6-12(9-13(11)16)14-7-8-18-15(10-17)19-14/h5-9H,2-4H2,1H3. The van der Waals surface area contributed by atoms with Gasteiger partial charge in [0.1, 0.15) is 11.9 Å². The van der Waals surface area contributed by atoms with Crippen molar-refractivity contribution in [3.05, 3.63) is 47.7 Å². The number of aryl methyl sites for hydroxylation is 1. The molecule has 0 aliphatic rings. The number of nitrogens with zero attached hydrogens (tertiary/aromatic N) is 3. The van der Waals surface area contributed by atoms with Gasteiger partial charge in [0.25, 0.3) is 0 Å². The van der Waals surface area contributed by atoms with E-state index >= 15 is 0 Å². The van der Waals surface area contributed by atoms with Crippen molar-refractivity contribution < 1.29 is 4.39 Å². The Labute approximate surface area is 111 Å². The molecule has 0 amide bonds. The van der Waals surface area contributed by atoms with Gasteiger partial charge >= 0.3 is 0 Å². The smallest absolute Gasteiger partial charge is 0.227 e. The van der Waals surface area contributed by atoms with Crippen LogP contribution in [0.15, 0.2) is 30.5 Å². The second kappa shape index (κ2) is 6.05. The first-order valence-corrected chi connectivity index (χ1v) is 6.26. The molecule has 0 unspecified atom stereocenters. The van der Waals surface area contributed by atoms with E-state index in [0.29, 0.717) is 11.3 Å². The van der Waals surface area contributed by atoms with Gasteiger partial charge in [-0.15, -0.1) is 0 Å². The molecule has 2 aromatic rings. The van der Waals surface area contributed by atoms with Crippen LogP contribution in [0.1, 0.15) is 31.2 Å². The molecule has 0 radical (unpaired) electrons. The van der Waals surface area contributed by atoms with Gasteiger partial charge in [-0.3, -0.25) is 0 Å². The Hall–Kier alpha value is -2.28. The van der Waals surface area contributed by atoms with Crippen LogP contribution in [0.5, 0.6) is 0 Å². The molecule has 1 aromatic heterocycles. The number of halogens is 1. The maximum absolute atomic E-state index is 13.9. The molecule has 0 bridgehead atoms. The van der Waals surface area contributed by atoms with E-state index in [0.717, 1.165) is 24.8 Å². The molecule has 4 heteroatoms. The third-order valence-electron chi connectivity index (χ3n) is 2.90. The average Bonchev–Trinajstić information content (AvgIpc) is 2.46. The van der Waals surface area contributed by atoms with Crippen LogP contribution in [-0.2, 0) is 6.42 Å². The minimum Gasteiger partial charge on any atom is -0.227 e. The molecule has 1 heterocycles. The molecule has 3 nitrogen and oxygen atoms in total. The predicted molar refractivity (Wildman–Crippen MR) is 70.8 cm³/mol. The third-order valence-corrected chi connectivity index (χ3v) is 2.90. The Balaban J connectivity index is 2.31. The first-order valence-electron chi connectivity index (χ1n) is 6.26. The van der Waals surface area contributed by atoms with Gasteiger partial charge < -0.3 is 0 Å². The fraction of sp³-hybridized carbons (Fsp3) is 0.267. The van der Waals surface area contributed by atoms with Gasteiger partial charge in [-0.25, -0.2) is 14.4 Å². The Morgan fingerprint density at radius 3 is 2.84 bits per heavy atom. The van der Waals surface area contributed by atoms with E-state index in [9.17, 15) is 4.39 Å². The monoisotopic (exact) mass is 255 g/mol. The molecule has 0 aliphatic heterocycles. The first kappa shape index (κ1) is 13.2. The predicted octanol–water partition coefficient (Wildman–Crippen LogP) is 3.50. The Bertz CT molecular complexity index is 617. The van der Waals surface area contributed by atoms with E-state index in [1.807, 2.05) is 12.1 Å². The normalized spacial score (nSPS) is 10.2. The quantitative estimate of drug-likeness (QED) is 0.840. The van der Waals surface area contributed by atoms with Crippen molar-refractivity contribution in [1.29, 1.82) is 5.26 Å². The number of unbranched alkanes of at least 4 members (excludes halogenated alkanes) is 1. The molecule has 2 rings (SSSR count). The lowest BCUT2D eigenvalue weighted by molar-refractivity contribution is 0.603. The molecule has 0 saturated carbocycles. The van der Waals surface area contributed by atoms with E-state index in [4.69, 9.17) is 5.26 Å². The minimum absolute atomic E-state index is 0.0907. The van der Waals surface area contributed by atoms with Gasteiger partial charge in [-0.2, -0.15) is 5.26 Å². The lowest BCUT2D eigenvalue weighted by Gasteiger charge is -2.05. The molecule has 0 saturated heterocycles. The van der Waals surface area contributed by atoms with Crippen molar-refractivity contribution in [2.75, 3.05) is 0 Å². The SMILES string of the molecule is CCCCc1ccc(-c2ccnc(C#N)n2)cc1F. The molecule has 1 aromatic carbocycles. The Morgan fingerprint density at radius 1 is 1.32 bits per heavy atom.